The highest BCUT2D eigenvalue weighted by atomic mass is 31.2. The van der Waals surface area contributed by atoms with E-state index in [1.807, 2.05) is 19.1 Å². The molecule has 37 heavy (non-hydrogen) atoms. The number of hydrazone groups is 1. The molecule has 0 aromatic heterocycles. The fraction of sp³-hybridized carbons (Fsp3) is 0.0606. The molecule has 4 heteroatoms. The third-order valence-corrected chi connectivity index (χ3v) is 10.0. The molecule has 0 bridgehead atoms. The van der Waals surface area contributed by atoms with Crippen molar-refractivity contribution in [3.63, 3.8) is 0 Å². The molecule has 0 atom stereocenters. The molecule has 5 aromatic carbocycles. The van der Waals surface area contributed by atoms with Crippen LogP contribution in [0.5, 0.6) is 0 Å². The van der Waals surface area contributed by atoms with Gasteiger partial charge in [0.05, 0.1) is 13.1 Å². The number of nitrogens with one attached hydrogen (secondary N) is 1. The molecule has 0 aliphatic carbocycles. The van der Waals surface area contributed by atoms with Crippen LogP contribution in [0.4, 0.5) is 0 Å². The normalized spacial score (nSPS) is 11.8. The summed E-state index contributed by atoms with van der Waals surface area (Å²) in [5.74, 6) is 0.710. The lowest BCUT2D eigenvalue weighted by molar-refractivity contribution is 0.639. The van der Waals surface area contributed by atoms with Crippen LogP contribution in [0.15, 0.2) is 162 Å². The zero-order valence-electron chi connectivity index (χ0n) is 20.9. The van der Waals surface area contributed by atoms with Gasteiger partial charge in [-0.05, 0) is 18.1 Å². The molecule has 3 nitrogen and oxygen atoms in total. The Balaban J connectivity index is 1.66. The first-order valence-corrected chi connectivity index (χ1v) is 14.2. The predicted molar refractivity (Wildman–Crippen MR) is 159 cm³/mol. The van der Waals surface area contributed by atoms with Gasteiger partial charge < -0.3 is 0 Å². The molecular weight excluding hydrogens is 469 g/mol. The molecule has 0 amide bonds. The third kappa shape index (κ3) is 5.48. The van der Waals surface area contributed by atoms with Crippen LogP contribution in [0.2, 0.25) is 0 Å². The number of amidine groups is 1. The maximum atomic E-state index is 5.48. The Morgan fingerprint density at radius 3 is 1.19 bits per heavy atom. The van der Waals surface area contributed by atoms with Gasteiger partial charge in [0.15, 0.2) is 0 Å². The Morgan fingerprint density at radius 2 is 0.838 bits per heavy atom. The highest BCUT2D eigenvalue weighted by molar-refractivity contribution is 7.87. The zero-order chi connectivity index (χ0) is 25.3. The van der Waals surface area contributed by atoms with Crippen LogP contribution >= 0.6 is 7.05 Å². The van der Waals surface area contributed by atoms with E-state index in [4.69, 9.17) is 9.85 Å². The first-order valence-electron chi connectivity index (χ1n) is 12.5. The first kappa shape index (κ1) is 24.5. The Hall–Kier alpha value is -4.20. The van der Waals surface area contributed by atoms with E-state index >= 15 is 0 Å². The van der Waals surface area contributed by atoms with E-state index in [-0.39, 0.29) is 6.04 Å². The molecule has 0 unspecified atom stereocenters. The fourth-order valence-electron chi connectivity index (χ4n) is 4.58. The van der Waals surface area contributed by atoms with Crippen LogP contribution in [0.25, 0.3) is 0 Å². The Bertz CT molecular complexity index is 1340. The summed E-state index contributed by atoms with van der Waals surface area (Å²) in [6.07, 6.45) is 0. The van der Waals surface area contributed by atoms with Gasteiger partial charge >= 0.3 is 0 Å². The van der Waals surface area contributed by atoms with E-state index in [0.29, 0.717) is 5.84 Å². The maximum absolute atomic E-state index is 5.48. The van der Waals surface area contributed by atoms with Crippen molar-refractivity contribution in [3.05, 3.63) is 163 Å². The fourth-order valence-corrected chi connectivity index (χ4v) is 8.11. The molecule has 0 aliphatic heterocycles. The van der Waals surface area contributed by atoms with Crippen LogP contribution in [0.3, 0.4) is 0 Å². The molecule has 0 radical (unpaired) electrons. The van der Waals surface area contributed by atoms with Crippen molar-refractivity contribution in [2.24, 2.45) is 9.85 Å². The summed E-state index contributed by atoms with van der Waals surface area (Å²) >= 11 is 0. The average Bonchev–Trinajstić information content (AvgIpc) is 2.98. The Labute approximate surface area is 219 Å². The lowest BCUT2D eigenvalue weighted by Crippen LogP contribution is -2.26. The molecule has 5 aromatic rings. The molecule has 5 rings (SSSR count). The number of nitrogens with zero attached hydrogens (tertiary/aromatic N) is 2. The minimum Gasteiger partial charge on any atom is -0.296 e. The van der Waals surface area contributed by atoms with Crippen molar-refractivity contribution in [2.75, 3.05) is 0 Å². The van der Waals surface area contributed by atoms with Crippen molar-refractivity contribution in [2.45, 2.75) is 13.0 Å². The molecule has 182 valence electrons. The van der Waals surface area contributed by atoms with E-state index in [9.17, 15) is 0 Å². The van der Waals surface area contributed by atoms with E-state index in [2.05, 4.69) is 145 Å². The zero-order valence-corrected chi connectivity index (χ0v) is 21.7. The van der Waals surface area contributed by atoms with E-state index in [1.54, 1.807) is 0 Å². The average molecular weight is 500 g/mol. The number of hydrogen-bond acceptors (Lipinski definition) is 2. The number of benzene rings is 5. The third-order valence-electron chi connectivity index (χ3n) is 6.31. The summed E-state index contributed by atoms with van der Waals surface area (Å²) in [7, 11) is -2.36. The topological polar surface area (TPSA) is 36.8 Å². The Kier molecular flexibility index (Phi) is 7.74. The first-order chi connectivity index (χ1) is 18.3. The highest BCUT2D eigenvalue weighted by Crippen LogP contribution is 2.46. The van der Waals surface area contributed by atoms with E-state index in [0.717, 1.165) is 11.1 Å². The largest absolute Gasteiger partial charge is 0.296 e. The summed E-state index contributed by atoms with van der Waals surface area (Å²) in [6, 6.07) is 52.6. The highest BCUT2D eigenvalue weighted by Gasteiger charge is 2.27. The van der Waals surface area contributed by atoms with Crippen molar-refractivity contribution < 1.29 is 0 Å². The van der Waals surface area contributed by atoms with Gasteiger partial charge in [0.1, 0.15) is 5.84 Å². The van der Waals surface area contributed by atoms with Gasteiger partial charge in [-0.1, -0.05) is 152 Å². The second kappa shape index (κ2) is 11.7. The molecular formula is C33H30N3P. The van der Waals surface area contributed by atoms with Gasteiger partial charge in [-0.3, -0.25) is 5.43 Å². The van der Waals surface area contributed by atoms with Crippen LogP contribution in [0.1, 0.15) is 24.1 Å². The van der Waals surface area contributed by atoms with Crippen molar-refractivity contribution >= 4 is 28.8 Å². The summed E-state index contributed by atoms with van der Waals surface area (Å²) in [4.78, 5) is 0. The minimum absolute atomic E-state index is 0.0783. The smallest absolute Gasteiger partial charge is 0.144 e. The summed E-state index contributed by atoms with van der Waals surface area (Å²) in [6.45, 7) is 1.99. The molecule has 0 aliphatic rings. The maximum Gasteiger partial charge on any atom is 0.144 e. The van der Waals surface area contributed by atoms with E-state index < -0.39 is 7.05 Å². The molecule has 0 saturated carbocycles. The van der Waals surface area contributed by atoms with Crippen molar-refractivity contribution in [3.8, 4) is 0 Å². The van der Waals surface area contributed by atoms with Gasteiger partial charge in [0, 0.05) is 15.9 Å². The molecule has 0 spiro atoms. The van der Waals surface area contributed by atoms with Gasteiger partial charge in [0.2, 0.25) is 0 Å². The molecule has 1 N–H and O–H groups in total. The van der Waals surface area contributed by atoms with Crippen LogP contribution in [-0.2, 0) is 0 Å². The molecule has 0 heterocycles. The van der Waals surface area contributed by atoms with Gasteiger partial charge in [-0.25, -0.2) is 4.74 Å². The van der Waals surface area contributed by atoms with Crippen molar-refractivity contribution in [1.29, 1.82) is 0 Å². The summed E-state index contributed by atoms with van der Waals surface area (Å²) in [5, 5.41) is 8.46. The van der Waals surface area contributed by atoms with Gasteiger partial charge in [0.25, 0.3) is 0 Å². The van der Waals surface area contributed by atoms with Crippen LogP contribution in [0, 0.1) is 0 Å². The van der Waals surface area contributed by atoms with Crippen LogP contribution in [-0.4, -0.2) is 5.84 Å². The lowest BCUT2D eigenvalue weighted by Gasteiger charge is -2.27. The minimum atomic E-state index is -2.36. The van der Waals surface area contributed by atoms with Crippen molar-refractivity contribution in [1.82, 2.24) is 5.43 Å². The molecule has 0 fully saturated rings. The standard InChI is InChI=1S/C33H30N3P/c1-27(34-35-33(28-17-7-2-8-18-28)29-19-9-3-10-20-29)36-37(30-21-11-4-12-22-30,31-23-13-5-14-24-31)32-25-15-6-16-26-32/h2-26,33,35H,1H3/b34-27-. The summed E-state index contributed by atoms with van der Waals surface area (Å²) in [5.41, 5.74) is 5.75. The summed E-state index contributed by atoms with van der Waals surface area (Å²) < 4.78 is 5.48. The van der Waals surface area contributed by atoms with Crippen LogP contribution < -0.4 is 21.3 Å². The van der Waals surface area contributed by atoms with E-state index in [1.165, 1.54) is 15.9 Å². The number of hydrogen-bond donors (Lipinski definition) is 1. The quantitative estimate of drug-likeness (QED) is 0.113. The lowest BCUT2D eigenvalue weighted by atomic mass is 10.00. The van der Waals surface area contributed by atoms with Gasteiger partial charge in [-0.15, -0.1) is 0 Å². The molecule has 0 saturated heterocycles. The number of rotatable bonds is 7. The van der Waals surface area contributed by atoms with Gasteiger partial charge in [-0.2, -0.15) is 5.10 Å². The predicted octanol–water partition coefficient (Wildman–Crippen LogP) is 6.88. The Morgan fingerprint density at radius 1 is 0.514 bits per heavy atom. The monoisotopic (exact) mass is 499 g/mol. The SMILES string of the molecule is C/C(N=P(c1ccccc1)(c1ccccc1)c1ccccc1)=N/NC(c1ccccc1)c1ccccc1. The second-order valence-electron chi connectivity index (χ2n) is 8.78. The second-order valence-corrected chi connectivity index (χ2v) is 11.8.